The molecule has 1 aromatic carbocycles. The number of carbonyl (C=O) groups is 1. The standard InChI is InChI=1S/C17H21ClFN3O/c1-22(2)9-3-8-20-16(23)7-4-12-10-13-11-14(19)5-6-15(13)21-17(12)18/h5-6,10-11H,3-4,7-9H2,1-2H3,(H,20,23). The third kappa shape index (κ3) is 5.44. The maximum absolute atomic E-state index is 13.3. The van der Waals surface area contributed by atoms with Crippen molar-refractivity contribution in [3.63, 3.8) is 0 Å². The number of amides is 1. The Kier molecular flexibility index (Phi) is 6.30. The highest BCUT2D eigenvalue weighted by atomic mass is 35.5. The second-order valence-electron chi connectivity index (χ2n) is 5.78. The number of hydrogen-bond donors (Lipinski definition) is 1. The van der Waals surface area contributed by atoms with Crippen LogP contribution in [-0.4, -0.2) is 43.0 Å². The Morgan fingerprint density at radius 3 is 2.87 bits per heavy atom. The van der Waals surface area contributed by atoms with Crippen LogP contribution in [0.15, 0.2) is 24.3 Å². The van der Waals surface area contributed by atoms with E-state index in [-0.39, 0.29) is 11.7 Å². The summed E-state index contributed by atoms with van der Waals surface area (Å²) < 4.78 is 13.3. The normalized spacial score (nSPS) is 11.2. The van der Waals surface area contributed by atoms with Crippen LogP contribution < -0.4 is 5.32 Å². The van der Waals surface area contributed by atoms with Gasteiger partial charge in [0.05, 0.1) is 5.52 Å². The number of nitrogens with one attached hydrogen (secondary N) is 1. The van der Waals surface area contributed by atoms with E-state index >= 15 is 0 Å². The van der Waals surface area contributed by atoms with Crippen molar-refractivity contribution in [1.82, 2.24) is 15.2 Å². The summed E-state index contributed by atoms with van der Waals surface area (Å²) in [5.41, 5.74) is 1.40. The fourth-order valence-corrected chi connectivity index (χ4v) is 2.54. The topological polar surface area (TPSA) is 45.2 Å². The third-order valence-corrected chi connectivity index (χ3v) is 3.86. The van der Waals surface area contributed by atoms with Gasteiger partial charge in [-0.1, -0.05) is 11.6 Å². The van der Waals surface area contributed by atoms with Gasteiger partial charge in [0.2, 0.25) is 5.91 Å². The van der Waals surface area contributed by atoms with E-state index in [9.17, 15) is 9.18 Å². The van der Waals surface area contributed by atoms with E-state index < -0.39 is 0 Å². The molecule has 6 heteroatoms. The minimum atomic E-state index is -0.314. The quantitative estimate of drug-likeness (QED) is 0.624. The molecule has 0 spiro atoms. The number of rotatable bonds is 7. The van der Waals surface area contributed by atoms with Crippen LogP contribution in [0.1, 0.15) is 18.4 Å². The van der Waals surface area contributed by atoms with Gasteiger partial charge in [0, 0.05) is 18.4 Å². The molecule has 0 fully saturated rings. The van der Waals surface area contributed by atoms with E-state index in [4.69, 9.17) is 11.6 Å². The molecule has 1 N–H and O–H groups in total. The van der Waals surface area contributed by atoms with Crippen LogP contribution in [0.2, 0.25) is 5.15 Å². The molecule has 0 bridgehead atoms. The smallest absolute Gasteiger partial charge is 0.220 e. The van der Waals surface area contributed by atoms with Crippen molar-refractivity contribution in [3.8, 4) is 0 Å². The van der Waals surface area contributed by atoms with Crippen LogP contribution in [0.3, 0.4) is 0 Å². The van der Waals surface area contributed by atoms with Gasteiger partial charge in [-0.15, -0.1) is 0 Å². The first-order chi connectivity index (χ1) is 11.0. The summed E-state index contributed by atoms with van der Waals surface area (Å²) in [7, 11) is 4.00. The largest absolute Gasteiger partial charge is 0.356 e. The summed E-state index contributed by atoms with van der Waals surface area (Å²) in [5, 5.41) is 3.94. The zero-order valence-electron chi connectivity index (χ0n) is 13.4. The molecule has 0 saturated carbocycles. The lowest BCUT2D eigenvalue weighted by atomic mass is 10.1. The molecule has 0 aliphatic rings. The van der Waals surface area contributed by atoms with Gasteiger partial charge < -0.3 is 10.2 Å². The van der Waals surface area contributed by atoms with E-state index in [1.807, 2.05) is 14.1 Å². The number of aromatic nitrogens is 1. The molecule has 23 heavy (non-hydrogen) atoms. The molecule has 1 amide bonds. The molecule has 0 unspecified atom stereocenters. The fraction of sp³-hybridized carbons (Fsp3) is 0.412. The second kappa shape index (κ2) is 8.22. The van der Waals surface area contributed by atoms with Crippen LogP contribution >= 0.6 is 11.6 Å². The Balaban J connectivity index is 1.91. The number of benzene rings is 1. The molecule has 0 aliphatic carbocycles. The van der Waals surface area contributed by atoms with E-state index in [1.165, 1.54) is 12.1 Å². The number of fused-ring (bicyclic) bond motifs is 1. The monoisotopic (exact) mass is 337 g/mol. The van der Waals surface area contributed by atoms with Gasteiger partial charge in [-0.2, -0.15) is 0 Å². The van der Waals surface area contributed by atoms with Crippen molar-refractivity contribution in [1.29, 1.82) is 0 Å². The molecule has 4 nitrogen and oxygen atoms in total. The molecule has 0 atom stereocenters. The fourth-order valence-electron chi connectivity index (χ4n) is 2.30. The molecular weight excluding hydrogens is 317 g/mol. The predicted octanol–water partition coefficient (Wildman–Crippen LogP) is 3.03. The average molecular weight is 338 g/mol. The van der Waals surface area contributed by atoms with Crippen molar-refractivity contribution in [2.24, 2.45) is 0 Å². The van der Waals surface area contributed by atoms with Gasteiger partial charge in [0.15, 0.2) is 0 Å². The van der Waals surface area contributed by atoms with Crippen LogP contribution in [0.5, 0.6) is 0 Å². The Hall–Kier alpha value is -1.72. The number of pyridine rings is 1. The van der Waals surface area contributed by atoms with Crippen molar-refractivity contribution >= 4 is 28.4 Å². The summed E-state index contributed by atoms with van der Waals surface area (Å²) in [6, 6.07) is 6.17. The number of carbonyl (C=O) groups excluding carboxylic acids is 1. The van der Waals surface area contributed by atoms with Crippen LogP contribution in [0, 0.1) is 5.82 Å². The summed E-state index contributed by atoms with van der Waals surface area (Å²) in [5.74, 6) is -0.328. The van der Waals surface area contributed by atoms with Gasteiger partial charge in [-0.25, -0.2) is 9.37 Å². The lowest BCUT2D eigenvalue weighted by molar-refractivity contribution is -0.121. The first-order valence-electron chi connectivity index (χ1n) is 7.62. The van der Waals surface area contributed by atoms with Crippen molar-refractivity contribution < 1.29 is 9.18 Å². The van der Waals surface area contributed by atoms with E-state index in [0.29, 0.717) is 35.4 Å². The van der Waals surface area contributed by atoms with Crippen molar-refractivity contribution in [2.45, 2.75) is 19.3 Å². The molecule has 124 valence electrons. The SMILES string of the molecule is CN(C)CCCNC(=O)CCc1cc2cc(F)ccc2nc1Cl. The first-order valence-corrected chi connectivity index (χ1v) is 7.99. The van der Waals surface area contributed by atoms with Gasteiger partial charge >= 0.3 is 0 Å². The molecular formula is C17H21ClFN3O. The first kappa shape index (κ1) is 17.6. The van der Waals surface area contributed by atoms with Gasteiger partial charge in [-0.3, -0.25) is 4.79 Å². The highest BCUT2D eigenvalue weighted by molar-refractivity contribution is 6.30. The van der Waals surface area contributed by atoms with Crippen molar-refractivity contribution in [2.75, 3.05) is 27.2 Å². The van der Waals surface area contributed by atoms with E-state index in [1.54, 1.807) is 12.1 Å². The van der Waals surface area contributed by atoms with E-state index in [2.05, 4.69) is 15.2 Å². The summed E-state index contributed by atoms with van der Waals surface area (Å²) >= 11 is 6.15. The Bertz CT molecular complexity index is 691. The average Bonchev–Trinajstić information content (AvgIpc) is 2.49. The Morgan fingerprint density at radius 1 is 1.35 bits per heavy atom. The minimum absolute atomic E-state index is 0.0147. The highest BCUT2D eigenvalue weighted by Gasteiger charge is 2.08. The summed E-state index contributed by atoms with van der Waals surface area (Å²) in [6.45, 7) is 1.60. The Labute approximate surface area is 140 Å². The molecule has 0 aliphatic heterocycles. The predicted molar refractivity (Wildman–Crippen MR) is 91.2 cm³/mol. The molecule has 1 heterocycles. The summed E-state index contributed by atoms with van der Waals surface area (Å²) in [4.78, 5) is 18.2. The summed E-state index contributed by atoms with van der Waals surface area (Å²) in [6.07, 6.45) is 1.73. The maximum atomic E-state index is 13.3. The van der Waals surface area contributed by atoms with Gasteiger partial charge in [0.1, 0.15) is 11.0 Å². The minimum Gasteiger partial charge on any atom is -0.356 e. The number of aryl methyl sites for hydroxylation is 1. The van der Waals surface area contributed by atoms with Crippen LogP contribution in [0.25, 0.3) is 10.9 Å². The molecule has 2 rings (SSSR count). The highest BCUT2D eigenvalue weighted by Crippen LogP contribution is 2.22. The molecule has 0 saturated heterocycles. The van der Waals surface area contributed by atoms with Gasteiger partial charge in [-0.05, 0) is 63.3 Å². The van der Waals surface area contributed by atoms with Gasteiger partial charge in [0.25, 0.3) is 0 Å². The lowest BCUT2D eigenvalue weighted by Crippen LogP contribution is -2.27. The zero-order valence-corrected chi connectivity index (χ0v) is 14.2. The second-order valence-corrected chi connectivity index (χ2v) is 6.14. The molecule has 2 aromatic rings. The maximum Gasteiger partial charge on any atom is 0.220 e. The van der Waals surface area contributed by atoms with E-state index in [0.717, 1.165) is 18.5 Å². The van der Waals surface area contributed by atoms with Crippen LogP contribution in [-0.2, 0) is 11.2 Å². The third-order valence-electron chi connectivity index (χ3n) is 3.53. The zero-order chi connectivity index (χ0) is 16.8. The lowest BCUT2D eigenvalue weighted by Gasteiger charge is -2.10. The number of nitrogens with zero attached hydrogens (tertiary/aromatic N) is 2. The van der Waals surface area contributed by atoms with Crippen molar-refractivity contribution in [3.05, 3.63) is 40.8 Å². The van der Waals surface area contributed by atoms with Crippen LogP contribution in [0.4, 0.5) is 4.39 Å². The molecule has 0 radical (unpaired) electrons. The number of halogens is 2. The molecule has 1 aromatic heterocycles. The number of hydrogen-bond acceptors (Lipinski definition) is 3. The Morgan fingerprint density at radius 2 is 2.13 bits per heavy atom.